The molecule has 2 aromatic carbocycles. The van der Waals surface area contributed by atoms with E-state index in [1.54, 1.807) is 18.2 Å². The average molecular weight is 287 g/mol. The molecule has 0 saturated heterocycles. The van der Waals surface area contributed by atoms with E-state index in [1.807, 2.05) is 6.07 Å². The second-order valence-electron chi connectivity index (χ2n) is 4.35. The molecule has 0 aliphatic heterocycles. The van der Waals surface area contributed by atoms with Gasteiger partial charge in [-0.3, -0.25) is 0 Å². The number of aliphatic hydroxyl groups excluding tert-OH is 1. The summed E-state index contributed by atoms with van der Waals surface area (Å²) < 4.78 is 24.0. The summed E-state index contributed by atoms with van der Waals surface area (Å²) in [6.07, 6.45) is 0. The van der Waals surface area contributed by atoms with Crippen molar-refractivity contribution in [2.45, 2.75) is 13.2 Å². The van der Waals surface area contributed by atoms with Crippen LogP contribution in [0.25, 0.3) is 0 Å². The Balaban J connectivity index is 2.24. The molecular weight excluding hydrogens is 273 g/mol. The van der Waals surface area contributed by atoms with E-state index in [2.05, 4.69) is 0 Å². The van der Waals surface area contributed by atoms with E-state index in [0.29, 0.717) is 28.2 Å². The summed E-state index contributed by atoms with van der Waals surface area (Å²) in [5.74, 6) is 0.503. The number of aliphatic hydroxyl groups is 1. The smallest absolute Gasteiger partial charge is 0.162 e. The number of methoxy groups -OCH3 is 1. The van der Waals surface area contributed by atoms with Crippen LogP contribution in [0.4, 0.5) is 4.39 Å². The van der Waals surface area contributed by atoms with Crippen LogP contribution >= 0.6 is 0 Å². The number of hydrogen-bond donors (Lipinski definition) is 1. The second kappa shape index (κ2) is 6.73. The summed E-state index contributed by atoms with van der Waals surface area (Å²) in [7, 11) is 1.50. The number of benzene rings is 2. The second-order valence-corrected chi connectivity index (χ2v) is 4.35. The molecule has 0 amide bonds. The molecule has 1 N–H and O–H groups in total. The number of ether oxygens (including phenoxy) is 2. The van der Waals surface area contributed by atoms with Gasteiger partial charge in [-0.15, -0.1) is 0 Å². The van der Waals surface area contributed by atoms with Gasteiger partial charge >= 0.3 is 0 Å². The number of nitrogens with zero attached hydrogens (tertiary/aromatic N) is 1. The number of hydrogen-bond acceptors (Lipinski definition) is 4. The summed E-state index contributed by atoms with van der Waals surface area (Å²) in [4.78, 5) is 0. The van der Waals surface area contributed by atoms with Crippen LogP contribution in [-0.2, 0) is 13.2 Å². The third-order valence-corrected chi connectivity index (χ3v) is 2.98. The average Bonchev–Trinajstić information content (AvgIpc) is 2.52. The van der Waals surface area contributed by atoms with Crippen LogP contribution in [0.5, 0.6) is 11.5 Å². The molecule has 0 atom stereocenters. The zero-order chi connectivity index (χ0) is 15.2. The van der Waals surface area contributed by atoms with Gasteiger partial charge in [-0.05, 0) is 35.9 Å². The first kappa shape index (κ1) is 14.8. The van der Waals surface area contributed by atoms with Gasteiger partial charge in [0.25, 0.3) is 0 Å². The maximum atomic E-state index is 13.3. The van der Waals surface area contributed by atoms with E-state index in [4.69, 9.17) is 19.8 Å². The van der Waals surface area contributed by atoms with Crippen molar-refractivity contribution in [3.8, 4) is 17.6 Å². The summed E-state index contributed by atoms with van der Waals surface area (Å²) in [6, 6.07) is 10.9. The minimum atomic E-state index is -0.427. The standard InChI is InChI=1S/C16H14FNO3/c1-20-15-5-2-11(9-19)6-16(15)21-10-13-7-14(17)4-3-12(13)8-18/h2-7,19H,9-10H2,1H3. The Hall–Kier alpha value is -2.58. The highest BCUT2D eigenvalue weighted by molar-refractivity contribution is 5.43. The van der Waals surface area contributed by atoms with Crippen molar-refractivity contribution < 1.29 is 19.0 Å². The van der Waals surface area contributed by atoms with Crippen molar-refractivity contribution >= 4 is 0 Å². The first-order valence-electron chi connectivity index (χ1n) is 6.27. The Morgan fingerprint density at radius 3 is 2.67 bits per heavy atom. The molecule has 0 heterocycles. The first-order valence-corrected chi connectivity index (χ1v) is 6.27. The summed E-state index contributed by atoms with van der Waals surface area (Å²) >= 11 is 0. The molecular formula is C16H14FNO3. The van der Waals surface area contributed by atoms with Gasteiger partial charge in [0, 0.05) is 5.56 Å². The lowest BCUT2D eigenvalue weighted by atomic mass is 10.1. The van der Waals surface area contributed by atoms with Gasteiger partial charge < -0.3 is 14.6 Å². The van der Waals surface area contributed by atoms with Crippen LogP contribution in [-0.4, -0.2) is 12.2 Å². The molecule has 0 bridgehead atoms. The lowest BCUT2D eigenvalue weighted by molar-refractivity contribution is 0.271. The van der Waals surface area contributed by atoms with Gasteiger partial charge in [-0.1, -0.05) is 6.07 Å². The molecule has 0 unspecified atom stereocenters. The molecule has 0 aliphatic carbocycles. The van der Waals surface area contributed by atoms with Crippen molar-refractivity contribution in [1.29, 1.82) is 5.26 Å². The van der Waals surface area contributed by atoms with E-state index >= 15 is 0 Å². The Labute approximate surface area is 122 Å². The molecule has 21 heavy (non-hydrogen) atoms. The van der Waals surface area contributed by atoms with Crippen LogP contribution in [0.2, 0.25) is 0 Å². The molecule has 2 rings (SSSR count). The molecule has 0 saturated carbocycles. The largest absolute Gasteiger partial charge is 0.493 e. The number of nitriles is 1. The van der Waals surface area contributed by atoms with E-state index in [9.17, 15) is 4.39 Å². The maximum Gasteiger partial charge on any atom is 0.162 e. The summed E-state index contributed by atoms with van der Waals surface area (Å²) in [6.45, 7) is -0.0876. The Morgan fingerprint density at radius 1 is 1.19 bits per heavy atom. The summed E-state index contributed by atoms with van der Waals surface area (Å²) in [5, 5.41) is 18.1. The van der Waals surface area contributed by atoms with Gasteiger partial charge in [-0.25, -0.2) is 4.39 Å². The fourth-order valence-electron chi connectivity index (χ4n) is 1.88. The molecule has 108 valence electrons. The van der Waals surface area contributed by atoms with Crippen LogP contribution in [0, 0.1) is 17.1 Å². The molecule has 0 fully saturated rings. The highest BCUT2D eigenvalue weighted by Gasteiger charge is 2.09. The lowest BCUT2D eigenvalue weighted by Gasteiger charge is -2.12. The van der Waals surface area contributed by atoms with Crippen LogP contribution in [0.1, 0.15) is 16.7 Å². The fraction of sp³-hybridized carbons (Fsp3) is 0.188. The van der Waals surface area contributed by atoms with E-state index in [-0.39, 0.29) is 13.2 Å². The van der Waals surface area contributed by atoms with Gasteiger partial charge in [0.05, 0.1) is 25.3 Å². The van der Waals surface area contributed by atoms with E-state index in [0.717, 1.165) is 0 Å². The predicted molar refractivity (Wildman–Crippen MR) is 74.4 cm³/mol. The van der Waals surface area contributed by atoms with E-state index < -0.39 is 5.82 Å². The van der Waals surface area contributed by atoms with Crippen molar-refractivity contribution in [3.05, 3.63) is 58.9 Å². The van der Waals surface area contributed by atoms with Crippen molar-refractivity contribution in [3.63, 3.8) is 0 Å². The highest BCUT2D eigenvalue weighted by atomic mass is 19.1. The van der Waals surface area contributed by atoms with Crippen molar-refractivity contribution in [1.82, 2.24) is 0 Å². The Kier molecular flexibility index (Phi) is 4.75. The van der Waals surface area contributed by atoms with Gasteiger partial charge in [0.15, 0.2) is 11.5 Å². The fourth-order valence-corrected chi connectivity index (χ4v) is 1.88. The molecule has 4 nitrogen and oxygen atoms in total. The van der Waals surface area contributed by atoms with Crippen LogP contribution in [0.3, 0.4) is 0 Å². The molecule has 0 aliphatic rings. The Morgan fingerprint density at radius 2 is 2.00 bits per heavy atom. The Bertz CT molecular complexity index is 680. The molecule has 5 heteroatoms. The molecule has 2 aromatic rings. The quantitative estimate of drug-likeness (QED) is 0.918. The van der Waals surface area contributed by atoms with E-state index in [1.165, 1.54) is 25.3 Å². The minimum Gasteiger partial charge on any atom is -0.493 e. The number of rotatable bonds is 5. The van der Waals surface area contributed by atoms with Crippen LogP contribution < -0.4 is 9.47 Å². The first-order chi connectivity index (χ1) is 10.2. The van der Waals surface area contributed by atoms with Crippen LogP contribution in [0.15, 0.2) is 36.4 Å². The molecule has 0 aromatic heterocycles. The maximum absolute atomic E-state index is 13.3. The summed E-state index contributed by atoms with van der Waals surface area (Å²) in [5.41, 5.74) is 1.48. The van der Waals surface area contributed by atoms with Crippen molar-refractivity contribution in [2.24, 2.45) is 0 Å². The van der Waals surface area contributed by atoms with Gasteiger partial charge in [0.2, 0.25) is 0 Å². The third kappa shape index (κ3) is 3.50. The topological polar surface area (TPSA) is 62.5 Å². The predicted octanol–water partition coefficient (Wildman–Crippen LogP) is 2.78. The zero-order valence-electron chi connectivity index (χ0n) is 11.5. The highest BCUT2D eigenvalue weighted by Crippen LogP contribution is 2.29. The monoisotopic (exact) mass is 287 g/mol. The SMILES string of the molecule is COc1ccc(CO)cc1OCc1cc(F)ccc1C#N. The molecule has 0 spiro atoms. The zero-order valence-corrected chi connectivity index (χ0v) is 11.5. The van der Waals surface area contributed by atoms with Crippen molar-refractivity contribution in [2.75, 3.05) is 7.11 Å². The third-order valence-electron chi connectivity index (χ3n) is 2.98. The molecule has 0 radical (unpaired) electrons. The van der Waals surface area contributed by atoms with Gasteiger partial charge in [-0.2, -0.15) is 5.26 Å². The minimum absolute atomic E-state index is 0.0336. The normalized spacial score (nSPS) is 10.0. The van der Waals surface area contributed by atoms with Gasteiger partial charge in [0.1, 0.15) is 12.4 Å². The number of halogens is 1. The lowest BCUT2D eigenvalue weighted by Crippen LogP contribution is -2.01.